The van der Waals surface area contributed by atoms with Crippen LogP contribution in [0.5, 0.6) is 17.4 Å². The molecule has 5 nitrogen and oxygen atoms in total. The molecule has 0 aliphatic rings. The van der Waals surface area contributed by atoms with Gasteiger partial charge in [-0.1, -0.05) is 81.5 Å². The van der Waals surface area contributed by atoms with Gasteiger partial charge in [-0.25, -0.2) is 0 Å². The van der Waals surface area contributed by atoms with Crippen molar-refractivity contribution in [3.05, 3.63) is 59.7 Å². The molecule has 0 aliphatic heterocycles. The summed E-state index contributed by atoms with van der Waals surface area (Å²) in [6, 6.07) is 16.0. The van der Waals surface area contributed by atoms with Crippen LogP contribution < -0.4 is 9.47 Å². The fourth-order valence-corrected chi connectivity index (χ4v) is 3.57. The molecule has 0 bridgehead atoms. The number of nitrogens with zero attached hydrogens (tertiary/aromatic N) is 3. The fourth-order valence-electron chi connectivity index (χ4n) is 3.57. The molecule has 1 heterocycles. The van der Waals surface area contributed by atoms with E-state index in [4.69, 9.17) is 9.47 Å². The van der Waals surface area contributed by atoms with Gasteiger partial charge in [-0.3, -0.25) is 0 Å². The van der Waals surface area contributed by atoms with Crippen LogP contribution in [-0.2, 0) is 12.8 Å². The summed E-state index contributed by atoms with van der Waals surface area (Å²) in [5.74, 6) is 1.63. The highest BCUT2D eigenvalue weighted by molar-refractivity contribution is 5.72. The van der Waals surface area contributed by atoms with E-state index in [2.05, 4.69) is 54.4 Å². The topological polar surface area (TPSA) is 57.1 Å². The second-order valence-corrected chi connectivity index (χ2v) is 7.25. The quantitative estimate of drug-likeness (QED) is 0.345. The summed E-state index contributed by atoms with van der Waals surface area (Å²) in [6.07, 6.45) is 6.37. The molecule has 0 N–H and O–H groups in total. The lowest BCUT2D eigenvalue weighted by atomic mass is 9.95. The molecule has 0 aliphatic carbocycles. The van der Waals surface area contributed by atoms with Gasteiger partial charge in [-0.2, -0.15) is 0 Å². The van der Waals surface area contributed by atoms with E-state index in [0.717, 1.165) is 31.2 Å². The molecule has 0 spiro atoms. The maximum Gasteiger partial charge on any atom is 0.281 e. The van der Waals surface area contributed by atoms with Gasteiger partial charge >= 0.3 is 0 Å². The monoisotopic (exact) mass is 405 g/mol. The second kappa shape index (κ2) is 11.3. The molecule has 5 heteroatoms. The Bertz CT molecular complexity index is 929. The number of hydrogen-bond donors (Lipinski definition) is 0. The first-order valence-electron chi connectivity index (χ1n) is 11.0. The third-order valence-electron chi connectivity index (χ3n) is 5.15. The molecule has 3 aromatic rings. The molecule has 0 unspecified atom stereocenters. The van der Waals surface area contributed by atoms with Gasteiger partial charge in [0, 0.05) is 5.56 Å². The highest BCUT2D eigenvalue weighted by Crippen LogP contribution is 2.39. The van der Waals surface area contributed by atoms with Crippen LogP contribution in [0.2, 0.25) is 0 Å². The molecule has 0 radical (unpaired) electrons. The van der Waals surface area contributed by atoms with E-state index in [-0.39, 0.29) is 0 Å². The first-order chi connectivity index (χ1) is 14.8. The largest absolute Gasteiger partial charge is 0.474 e. The van der Waals surface area contributed by atoms with Crippen molar-refractivity contribution in [3.8, 4) is 28.6 Å². The van der Waals surface area contributed by atoms with Crippen molar-refractivity contribution in [2.75, 3.05) is 6.61 Å². The molecule has 2 aromatic carbocycles. The summed E-state index contributed by atoms with van der Waals surface area (Å²) in [4.78, 5) is 0. The minimum absolute atomic E-state index is 0.393. The molecule has 30 heavy (non-hydrogen) atoms. The summed E-state index contributed by atoms with van der Waals surface area (Å²) < 4.78 is 12.3. The van der Waals surface area contributed by atoms with E-state index < -0.39 is 0 Å². The van der Waals surface area contributed by atoms with Gasteiger partial charge in [0.15, 0.2) is 0 Å². The predicted molar refractivity (Wildman–Crippen MR) is 120 cm³/mol. The van der Waals surface area contributed by atoms with Crippen molar-refractivity contribution >= 4 is 0 Å². The number of para-hydroxylation sites is 1. The van der Waals surface area contributed by atoms with E-state index >= 15 is 0 Å². The Labute approximate surface area is 179 Å². The average Bonchev–Trinajstić information content (AvgIpc) is 2.79. The smallest absolute Gasteiger partial charge is 0.281 e. The lowest BCUT2D eigenvalue weighted by molar-refractivity contribution is 0.275. The highest BCUT2D eigenvalue weighted by atomic mass is 16.5. The van der Waals surface area contributed by atoms with Crippen molar-refractivity contribution in [1.82, 2.24) is 15.4 Å². The molecular weight excluding hydrogens is 374 g/mol. The number of unbranched alkanes of at least 4 members (excludes halogenated alkanes) is 3. The number of aromatic nitrogens is 3. The van der Waals surface area contributed by atoms with E-state index in [1.165, 1.54) is 24.0 Å². The van der Waals surface area contributed by atoms with Crippen molar-refractivity contribution in [2.45, 2.75) is 59.3 Å². The average molecular weight is 406 g/mol. The van der Waals surface area contributed by atoms with Gasteiger partial charge in [0.1, 0.15) is 11.4 Å². The Morgan fingerprint density at radius 2 is 1.63 bits per heavy atom. The Morgan fingerprint density at radius 1 is 0.800 bits per heavy atom. The molecule has 1 aromatic heterocycles. The Kier molecular flexibility index (Phi) is 8.19. The van der Waals surface area contributed by atoms with Crippen molar-refractivity contribution < 1.29 is 9.47 Å². The molecule has 158 valence electrons. The van der Waals surface area contributed by atoms with E-state index in [1.54, 1.807) is 0 Å². The van der Waals surface area contributed by atoms with Gasteiger partial charge in [-0.15, -0.1) is 5.10 Å². The number of hydrogen-bond acceptors (Lipinski definition) is 5. The van der Waals surface area contributed by atoms with Crippen LogP contribution >= 0.6 is 0 Å². The third kappa shape index (κ3) is 5.35. The zero-order valence-corrected chi connectivity index (χ0v) is 18.2. The van der Waals surface area contributed by atoms with Crippen LogP contribution in [-0.4, -0.2) is 22.0 Å². The SMILES string of the molecule is CCCCCCOc1nnnc(-c2cccc(CC)c2CC)c1Oc1ccccc1. The molecule has 0 fully saturated rings. The zero-order valence-electron chi connectivity index (χ0n) is 18.2. The Hall–Kier alpha value is -2.95. The van der Waals surface area contributed by atoms with Crippen LogP contribution in [0.4, 0.5) is 0 Å². The van der Waals surface area contributed by atoms with E-state index in [9.17, 15) is 0 Å². The normalized spacial score (nSPS) is 10.8. The maximum atomic E-state index is 6.26. The minimum atomic E-state index is 0.393. The van der Waals surface area contributed by atoms with Crippen molar-refractivity contribution in [1.29, 1.82) is 0 Å². The van der Waals surface area contributed by atoms with Crippen LogP contribution in [0.1, 0.15) is 57.6 Å². The van der Waals surface area contributed by atoms with Gasteiger partial charge < -0.3 is 9.47 Å². The maximum absolute atomic E-state index is 6.26. The zero-order chi connectivity index (χ0) is 21.2. The third-order valence-corrected chi connectivity index (χ3v) is 5.15. The first-order valence-corrected chi connectivity index (χ1v) is 11.0. The van der Waals surface area contributed by atoms with Gasteiger partial charge in [0.2, 0.25) is 5.75 Å². The summed E-state index contributed by atoms with van der Waals surface area (Å²) in [5, 5.41) is 12.6. The van der Waals surface area contributed by atoms with Gasteiger partial charge in [0.05, 0.1) is 6.61 Å². The Balaban J connectivity index is 2.01. The molecule has 3 rings (SSSR count). The molecular formula is C25H31N3O2. The van der Waals surface area contributed by atoms with Crippen molar-refractivity contribution in [3.63, 3.8) is 0 Å². The summed E-state index contributed by atoms with van der Waals surface area (Å²) in [7, 11) is 0. The Morgan fingerprint density at radius 3 is 2.37 bits per heavy atom. The summed E-state index contributed by atoms with van der Waals surface area (Å²) in [6.45, 7) is 7.11. The second-order valence-electron chi connectivity index (χ2n) is 7.25. The molecule has 0 saturated carbocycles. The van der Waals surface area contributed by atoms with E-state index in [0.29, 0.717) is 29.7 Å². The molecule has 0 amide bonds. The van der Waals surface area contributed by atoms with E-state index in [1.807, 2.05) is 30.3 Å². The first kappa shape index (κ1) is 21.8. The number of rotatable bonds is 11. The minimum Gasteiger partial charge on any atom is -0.474 e. The molecule has 0 atom stereocenters. The van der Waals surface area contributed by atoms with Crippen LogP contribution in [0.15, 0.2) is 48.5 Å². The highest BCUT2D eigenvalue weighted by Gasteiger charge is 2.21. The molecule has 0 saturated heterocycles. The number of ether oxygens (including phenoxy) is 2. The van der Waals surface area contributed by atoms with Crippen LogP contribution in [0, 0.1) is 0 Å². The number of benzene rings is 2. The lowest BCUT2D eigenvalue weighted by Gasteiger charge is -2.17. The number of aryl methyl sites for hydroxylation is 1. The fraction of sp³-hybridized carbons (Fsp3) is 0.400. The predicted octanol–water partition coefficient (Wildman–Crippen LogP) is 6.41. The standard InChI is InChI=1S/C25H31N3O2/c1-4-7-8-12-18-29-25-24(30-20-15-10-9-11-16-20)23(26-28-27-25)22-17-13-14-19(5-2)21(22)6-3/h9-11,13-17H,4-8,12,18H2,1-3H3. The van der Waals surface area contributed by atoms with Gasteiger partial charge in [0.25, 0.3) is 5.88 Å². The van der Waals surface area contributed by atoms with Crippen LogP contribution in [0.25, 0.3) is 11.3 Å². The summed E-state index contributed by atoms with van der Waals surface area (Å²) >= 11 is 0. The van der Waals surface area contributed by atoms with Crippen molar-refractivity contribution in [2.24, 2.45) is 0 Å². The van der Waals surface area contributed by atoms with Crippen LogP contribution in [0.3, 0.4) is 0 Å². The summed E-state index contributed by atoms with van der Waals surface area (Å²) in [5.41, 5.74) is 4.26. The lowest BCUT2D eigenvalue weighted by Crippen LogP contribution is -2.06. The van der Waals surface area contributed by atoms with Gasteiger partial charge in [-0.05, 0) is 47.7 Å².